The molecule has 0 radical (unpaired) electrons. The highest BCUT2D eigenvalue weighted by atomic mass is 16.5. The van der Waals surface area contributed by atoms with Crippen LogP contribution in [0.15, 0.2) is 73.1 Å². The third-order valence-electron chi connectivity index (χ3n) is 9.81. The number of aromatic amines is 2. The Morgan fingerprint density at radius 1 is 0.922 bits per heavy atom. The molecule has 7 rings (SSSR count). The predicted octanol–water partition coefficient (Wildman–Crippen LogP) is 6.33. The average Bonchev–Trinajstić information content (AvgIpc) is 3.96. The molecule has 4 heterocycles. The maximum Gasteiger partial charge on any atom is 0.407 e. The third-order valence-corrected chi connectivity index (χ3v) is 9.81. The van der Waals surface area contributed by atoms with Gasteiger partial charge in [-0.3, -0.25) is 14.5 Å². The number of fused-ring (bicyclic) bond motifs is 1. The van der Waals surface area contributed by atoms with Crippen LogP contribution in [0.3, 0.4) is 0 Å². The molecule has 2 aliphatic rings. The van der Waals surface area contributed by atoms with Crippen LogP contribution in [-0.2, 0) is 14.3 Å². The van der Waals surface area contributed by atoms with Crippen molar-refractivity contribution in [3.05, 3.63) is 84.7 Å². The highest BCUT2D eigenvalue weighted by Gasteiger charge is 2.41. The number of ketones is 1. The molecular formula is C38H39N7O6. The summed E-state index contributed by atoms with van der Waals surface area (Å²) < 4.78 is 4.70. The monoisotopic (exact) mass is 689 g/mol. The van der Waals surface area contributed by atoms with E-state index in [4.69, 9.17) is 9.72 Å². The first-order chi connectivity index (χ1) is 24.6. The number of carboxylic acid groups (broad SMARTS) is 1. The highest BCUT2D eigenvalue weighted by molar-refractivity contribution is 5.94. The minimum Gasteiger partial charge on any atom is -0.465 e. The second kappa shape index (κ2) is 13.7. The summed E-state index contributed by atoms with van der Waals surface area (Å²) in [5.41, 5.74) is 5.48. The van der Waals surface area contributed by atoms with E-state index in [0.717, 1.165) is 51.6 Å². The Balaban J connectivity index is 1.06. The molecule has 13 heteroatoms. The van der Waals surface area contributed by atoms with Crippen LogP contribution in [0.1, 0.15) is 56.8 Å². The number of carbonyl (C=O) groups is 4. The zero-order chi connectivity index (χ0) is 35.8. The van der Waals surface area contributed by atoms with E-state index in [1.807, 2.05) is 44.2 Å². The number of Topliss-reactive ketones (excluding diaryl/α,β-unsaturated/α-hetero) is 1. The Hall–Kier alpha value is -5.98. The van der Waals surface area contributed by atoms with Gasteiger partial charge >= 0.3 is 12.2 Å². The van der Waals surface area contributed by atoms with Crippen molar-refractivity contribution in [2.75, 3.05) is 20.2 Å². The lowest BCUT2D eigenvalue weighted by Crippen LogP contribution is -2.51. The summed E-state index contributed by atoms with van der Waals surface area (Å²) in [5.74, 6) is 0.529. The van der Waals surface area contributed by atoms with Gasteiger partial charge in [-0.05, 0) is 52.8 Å². The van der Waals surface area contributed by atoms with Gasteiger partial charge in [0.25, 0.3) is 0 Å². The van der Waals surface area contributed by atoms with E-state index in [0.29, 0.717) is 23.9 Å². The van der Waals surface area contributed by atoms with E-state index in [-0.39, 0.29) is 36.6 Å². The number of nitrogens with zero attached hydrogens (tertiary/aromatic N) is 4. The molecule has 51 heavy (non-hydrogen) atoms. The molecular weight excluding hydrogens is 650 g/mol. The number of ether oxygens (including phenoxy) is 1. The van der Waals surface area contributed by atoms with Gasteiger partial charge in [0.2, 0.25) is 5.91 Å². The first kappa shape index (κ1) is 33.5. The topological polar surface area (TPSA) is 174 Å². The van der Waals surface area contributed by atoms with E-state index >= 15 is 0 Å². The van der Waals surface area contributed by atoms with Gasteiger partial charge in [-0.1, -0.05) is 62.4 Å². The fourth-order valence-corrected chi connectivity index (χ4v) is 7.06. The van der Waals surface area contributed by atoms with Crippen LogP contribution in [0.2, 0.25) is 0 Å². The molecule has 2 saturated heterocycles. The van der Waals surface area contributed by atoms with Crippen LogP contribution >= 0.6 is 0 Å². The van der Waals surface area contributed by atoms with E-state index in [1.165, 1.54) is 16.9 Å². The molecule has 262 valence electrons. The van der Waals surface area contributed by atoms with Crippen molar-refractivity contribution in [1.29, 1.82) is 0 Å². The number of benzene rings is 3. The Kier molecular flexibility index (Phi) is 9.02. The molecule has 2 aliphatic heterocycles. The van der Waals surface area contributed by atoms with Gasteiger partial charge in [0.05, 0.1) is 43.3 Å². The van der Waals surface area contributed by atoms with Crippen molar-refractivity contribution in [3.63, 3.8) is 0 Å². The number of rotatable bonds is 8. The number of methoxy groups -OCH3 is 1. The molecule has 0 spiro atoms. The summed E-state index contributed by atoms with van der Waals surface area (Å²) in [7, 11) is 1.24. The number of aromatic nitrogens is 4. The van der Waals surface area contributed by atoms with Gasteiger partial charge in [-0.15, -0.1) is 0 Å². The van der Waals surface area contributed by atoms with E-state index in [9.17, 15) is 24.3 Å². The first-order valence-electron chi connectivity index (χ1n) is 17.0. The van der Waals surface area contributed by atoms with Crippen LogP contribution in [0.5, 0.6) is 0 Å². The number of nitrogens with one attached hydrogen (secondary N) is 3. The first-order valence-corrected chi connectivity index (χ1v) is 17.0. The molecule has 0 saturated carbocycles. The van der Waals surface area contributed by atoms with Crippen molar-refractivity contribution in [2.45, 2.75) is 51.2 Å². The number of H-pyrrole nitrogens is 2. The maximum atomic E-state index is 13.5. The molecule has 0 aliphatic carbocycles. The lowest BCUT2D eigenvalue weighted by atomic mass is 9.98. The van der Waals surface area contributed by atoms with Gasteiger partial charge in [-0.25, -0.2) is 19.6 Å². The molecule has 2 fully saturated rings. The van der Waals surface area contributed by atoms with Crippen molar-refractivity contribution in [3.8, 4) is 33.6 Å². The van der Waals surface area contributed by atoms with Gasteiger partial charge in [-0.2, -0.15) is 0 Å². The molecule has 1 unspecified atom stereocenters. The average molecular weight is 690 g/mol. The SMILES string of the molecule is COC(=O)N[C@H](C(=O)N1CC(=O)C[C@H]1c1nc(-c2ccc(-c3ccc4cc(-c5cnc(C6CCCN6C(=O)O)[nH]5)ccc4c3)cc2)c[nH]1)C(C)C. The van der Waals surface area contributed by atoms with Gasteiger partial charge in [0.15, 0.2) is 5.78 Å². The molecule has 4 N–H and O–H groups in total. The smallest absolute Gasteiger partial charge is 0.407 e. The Morgan fingerprint density at radius 2 is 1.61 bits per heavy atom. The summed E-state index contributed by atoms with van der Waals surface area (Å²) in [5, 5.41) is 14.3. The lowest BCUT2D eigenvalue weighted by Gasteiger charge is -2.29. The quantitative estimate of drug-likeness (QED) is 0.146. The predicted molar refractivity (Wildman–Crippen MR) is 189 cm³/mol. The Labute approximate surface area is 294 Å². The van der Waals surface area contributed by atoms with Crippen LogP contribution in [0.25, 0.3) is 44.4 Å². The number of likely N-dealkylation sites (tertiary alicyclic amines) is 2. The minimum absolute atomic E-state index is 0.0503. The molecule has 2 aromatic heterocycles. The fraction of sp³-hybridized carbons (Fsp3) is 0.316. The largest absolute Gasteiger partial charge is 0.465 e. The van der Waals surface area contributed by atoms with Crippen LogP contribution in [-0.4, -0.2) is 85.0 Å². The number of amides is 3. The molecule has 13 nitrogen and oxygen atoms in total. The van der Waals surface area contributed by atoms with E-state index in [1.54, 1.807) is 12.4 Å². The second-order valence-corrected chi connectivity index (χ2v) is 13.4. The van der Waals surface area contributed by atoms with E-state index in [2.05, 4.69) is 50.6 Å². The standard InChI is InChI=1S/C38H39N7O6/c1-21(2)33(43-37(48)51-3)36(47)45-20-28(46)17-32(45)35-40-18-29(41-35)23-8-6-22(7-9-23)24-10-11-26-16-27(13-12-25(26)15-24)30-19-39-34(42-30)31-5-4-14-44(31)38(49)50/h6-13,15-16,18-19,21,31-33H,4-5,14,17,20H2,1-3H3,(H,39,42)(H,40,41)(H,43,48)(H,49,50)/t31?,32-,33-/m0/s1. The van der Waals surface area contributed by atoms with Gasteiger partial charge < -0.3 is 30.0 Å². The summed E-state index contributed by atoms with van der Waals surface area (Å²) in [6, 6.07) is 18.9. The van der Waals surface area contributed by atoms with E-state index < -0.39 is 24.3 Å². The number of hydrogen-bond donors (Lipinski definition) is 4. The Morgan fingerprint density at radius 3 is 2.31 bits per heavy atom. The summed E-state index contributed by atoms with van der Waals surface area (Å²) in [4.78, 5) is 68.3. The zero-order valence-electron chi connectivity index (χ0n) is 28.6. The molecule has 3 amide bonds. The lowest BCUT2D eigenvalue weighted by molar-refractivity contribution is -0.136. The Bertz CT molecular complexity index is 2120. The van der Waals surface area contributed by atoms with Gasteiger partial charge in [0.1, 0.15) is 17.7 Å². The van der Waals surface area contributed by atoms with Crippen molar-refractivity contribution in [1.82, 2.24) is 35.1 Å². The summed E-state index contributed by atoms with van der Waals surface area (Å²) >= 11 is 0. The minimum atomic E-state index is -0.922. The van der Waals surface area contributed by atoms with Crippen LogP contribution < -0.4 is 5.32 Å². The third kappa shape index (κ3) is 6.66. The van der Waals surface area contributed by atoms with Gasteiger partial charge in [0, 0.05) is 30.3 Å². The van der Waals surface area contributed by atoms with Crippen molar-refractivity contribution in [2.24, 2.45) is 5.92 Å². The molecule has 3 atom stereocenters. The maximum absolute atomic E-state index is 13.5. The number of carbonyl (C=O) groups excluding carboxylic acids is 3. The number of imidazole rings is 2. The van der Waals surface area contributed by atoms with Crippen LogP contribution in [0, 0.1) is 5.92 Å². The number of hydrogen-bond acceptors (Lipinski definition) is 7. The zero-order valence-corrected chi connectivity index (χ0v) is 28.6. The molecule has 0 bridgehead atoms. The van der Waals surface area contributed by atoms with Crippen molar-refractivity contribution < 1.29 is 29.0 Å². The molecule has 5 aromatic rings. The van der Waals surface area contributed by atoms with Crippen molar-refractivity contribution >= 4 is 34.6 Å². The normalized spacial score (nSPS) is 18.1. The molecule has 3 aromatic carbocycles. The summed E-state index contributed by atoms with van der Waals surface area (Å²) in [6.07, 6.45) is 3.63. The second-order valence-electron chi connectivity index (χ2n) is 13.4. The number of alkyl carbamates (subject to hydrolysis) is 1. The van der Waals surface area contributed by atoms with Crippen LogP contribution in [0.4, 0.5) is 9.59 Å². The summed E-state index contributed by atoms with van der Waals surface area (Å²) in [6.45, 7) is 4.11. The fourth-order valence-electron chi connectivity index (χ4n) is 7.06. The highest BCUT2D eigenvalue weighted by Crippen LogP contribution is 2.34.